The van der Waals surface area contributed by atoms with Crippen molar-refractivity contribution in [1.29, 1.82) is 0 Å². The number of hydrogen-bond donors (Lipinski definition) is 0. The van der Waals surface area contributed by atoms with Crippen LogP contribution in [0, 0.1) is 6.92 Å². The van der Waals surface area contributed by atoms with Gasteiger partial charge in [-0.05, 0) is 37.8 Å². The zero-order valence-electron chi connectivity index (χ0n) is 13.6. The SMILES string of the molecule is Cc1ccccc1OCC(=O)N1CCCCC1c1nncn1C. The predicted molar refractivity (Wildman–Crippen MR) is 86.0 cm³/mol. The van der Waals surface area contributed by atoms with Crippen LogP contribution >= 0.6 is 0 Å². The summed E-state index contributed by atoms with van der Waals surface area (Å²) in [5.74, 6) is 1.60. The van der Waals surface area contributed by atoms with Crippen LogP contribution in [0.1, 0.15) is 36.7 Å². The highest BCUT2D eigenvalue weighted by molar-refractivity contribution is 5.78. The molecular formula is C17H22N4O2. The van der Waals surface area contributed by atoms with Crippen molar-refractivity contribution in [3.63, 3.8) is 0 Å². The third-order valence-electron chi connectivity index (χ3n) is 4.31. The van der Waals surface area contributed by atoms with Crippen LogP contribution in [-0.4, -0.2) is 38.7 Å². The lowest BCUT2D eigenvalue weighted by Gasteiger charge is -2.34. The summed E-state index contributed by atoms with van der Waals surface area (Å²) in [5.41, 5.74) is 1.03. The lowest BCUT2D eigenvalue weighted by atomic mass is 10.0. The van der Waals surface area contributed by atoms with Gasteiger partial charge in [0, 0.05) is 13.6 Å². The molecule has 1 atom stereocenters. The van der Waals surface area contributed by atoms with E-state index in [1.54, 1.807) is 6.33 Å². The number of carbonyl (C=O) groups excluding carboxylic acids is 1. The number of carbonyl (C=O) groups is 1. The number of amides is 1. The van der Waals surface area contributed by atoms with Gasteiger partial charge in [-0.2, -0.15) is 0 Å². The van der Waals surface area contributed by atoms with Crippen molar-refractivity contribution >= 4 is 5.91 Å². The van der Waals surface area contributed by atoms with Crippen LogP contribution in [-0.2, 0) is 11.8 Å². The number of piperidine rings is 1. The average Bonchev–Trinajstić information content (AvgIpc) is 3.00. The van der Waals surface area contributed by atoms with E-state index in [0.29, 0.717) is 0 Å². The number of likely N-dealkylation sites (tertiary alicyclic amines) is 1. The summed E-state index contributed by atoms with van der Waals surface area (Å²) >= 11 is 0. The number of nitrogens with zero attached hydrogens (tertiary/aromatic N) is 4. The molecule has 0 spiro atoms. The van der Waals surface area contributed by atoms with Crippen molar-refractivity contribution in [2.45, 2.75) is 32.2 Å². The largest absolute Gasteiger partial charge is 0.484 e. The van der Waals surface area contributed by atoms with Crippen molar-refractivity contribution in [2.75, 3.05) is 13.2 Å². The number of benzene rings is 1. The van der Waals surface area contributed by atoms with Gasteiger partial charge in [-0.1, -0.05) is 18.2 Å². The van der Waals surface area contributed by atoms with E-state index < -0.39 is 0 Å². The van der Waals surface area contributed by atoms with Crippen molar-refractivity contribution in [3.05, 3.63) is 42.0 Å². The molecule has 0 N–H and O–H groups in total. The third kappa shape index (κ3) is 3.36. The van der Waals surface area contributed by atoms with Crippen LogP contribution < -0.4 is 4.74 Å². The summed E-state index contributed by atoms with van der Waals surface area (Å²) < 4.78 is 7.60. The Hall–Kier alpha value is -2.37. The lowest BCUT2D eigenvalue weighted by molar-refractivity contribution is -0.137. The molecular weight excluding hydrogens is 292 g/mol. The maximum Gasteiger partial charge on any atom is 0.261 e. The van der Waals surface area contributed by atoms with Crippen molar-refractivity contribution in [2.24, 2.45) is 7.05 Å². The Labute approximate surface area is 136 Å². The Kier molecular flexibility index (Phi) is 4.60. The third-order valence-corrected chi connectivity index (χ3v) is 4.31. The Morgan fingerprint density at radius 3 is 2.91 bits per heavy atom. The van der Waals surface area contributed by atoms with Gasteiger partial charge in [-0.25, -0.2) is 0 Å². The van der Waals surface area contributed by atoms with Crippen LogP contribution in [0.15, 0.2) is 30.6 Å². The minimum absolute atomic E-state index is 0.000882. The van der Waals surface area contributed by atoms with Crippen LogP contribution in [0.25, 0.3) is 0 Å². The van der Waals surface area contributed by atoms with Gasteiger partial charge in [0.2, 0.25) is 0 Å². The molecule has 23 heavy (non-hydrogen) atoms. The fourth-order valence-electron chi connectivity index (χ4n) is 3.03. The van der Waals surface area contributed by atoms with Crippen LogP contribution in [0.5, 0.6) is 5.75 Å². The molecule has 3 rings (SSSR count). The molecule has 1 fully saturated rings. The number of rotatable bonds is 4. The van der Waals surface area contributed by atoms with Crippen molar-refractivity contribution in [1.82, 2.24) is 19.7 Å². The van der Waals surface area contributed by atoms with Gasteiger partial charge >= 0.3 is 0 Å². The number of hydrogen-bond acceptors (Lipinski definition) is 4. The van der Waals surface area contributed by atoms with Crippen molar-refractivity contribution < 1.29 is 9.53 Å². The van der Waals surface area contributed by atoms with Crippen LogP contribution in [0.3, 0.4) is 0 Å². The highest BCUT2D eigenvalue weighted by Gasteiger charge is 2.31. The second-order valence-corrected chi connectivity index (χ2v) is 5.95. The zero-order chi connectivity index (χ0) is 16.2. The molecule has 1 aliphatic rings. The van der Waals surface area contributed by atoms with Crippen molar-refractivity contribution in [3.8, 4) is 5.75 Å². The average molecular weight is 314 g/mol. The smallest absolute Gasteiger partial charge is 0.261 e. The second-order valence-electron chi connectivity index (χ2n) is 5.95. The van der Waals surface area contributed by atoms with Gasteiger partial charge in [-0.15, -0.1) is 10.2 Å². The normalized spacial score (nSPS) is 18.0. The molecule has 1 aromatic heterocycles. The fourth-order valence-corrected chi connectivity index (χ4v) is 3.03. The minimum Gasteiger partial charge on any atom is -0.484 e. The Balaban J connectivity index is 1.69. The molecule has 1 unspecified atom stereocenters. The maximum atomic E-state index is 12.6. The van der Waals surface area contributed by atoms with E-state index in [9.17, 15) is 4.79 Å². The molecule has 1 saturated heterocycles. The van der Waals surface area contributed by atoms with Crippen LogP contribution in [0.2, 0.25) is 0 Å². The maximum absolute atomic E-state index is 12.6. The first-order valence-electron chi connectivity index (χ1n) is 7.98. The molecule has 1 aliphatic heterocycles. The van der Waals surface area contributed by atoms with Gasteiger partial charge in [0.15, 0.2) is 12.4 Å². The van der Waals surface area contributed by atoms with Gasteiger partial charge in [0.05, 0.1) is 6.04 Å². The molecule has 2 heterocycles. The molecule has 0 bridgehead atoms. The fraction of sp³-hybridized carbons (Fsp3) is 0.471. The highest BCUT2D eigenvalue weighted by atomic mass is 16.5. The Morgan fingerprint density at radius 1 is 1.35 bits per heavy atom. The number of ether oxygens (including phenoxy) is 1. The first-order chi connectivity index (χ1) is 11.2. The molecule has 122 valence electrons. The molecule has 0 radical (unpaired) electrons. The Morgan fingerprint density at radius 2 is 2.17 bits per heavy atom. The van der Waals surface area contributed by atoms with E-state index >= 15 is 0 Å². The van der Waals surface area contributed by atoms with Gasteiger partial charge in [0.25, 0.3) is 5.91 Å². The monoisotopic (exact) mass is 314 g/mol. The molecule has 2 aromatic rings. The predicted octanol–water partition coefficient (Wildman–Crippen LogP) is 2.26. The summed E-state index contributed by atoms with van der Waals surface area (Å²) in [6.45, 7) is 2.77. The van der Waals surface area contributed by atoms with Gasteiger partial charge in [-0.3, -0.25) is 4.79 Å². The molecule has 0 aliphatic carbocycles. The van der Waals surface area contributed by atoms with E-state index in [4.69, 9.17) is 4.74 Å². The summed E-state index contributed by atoms with van der Waals surface area (Å²) in [7, 11) is 1.91. The molecule has 1 aromatic carbocycles. The standard InChI is InChI=1S/C17H22N4O2/c1-13-7-3-4-9-15(13)23-11-16(22)21-10-6-5-8-14(21)17-19-18-12-20(17)2/h3-4,7,9,12,14H,5-6,8,10-11H2,1-2H3. The van der Waals surface area contributed by atoms with Crippen LogP contribution in [0.4, 0.5) is 0 Å². The quantitative estimate of drug-likeness (QED) is 0.868. The van der Waals surface area contributed by atoms with Gasteiger partial charge < -0.3 is 14.2 Å². The topological polar surface area (TPSA) is 60.2 Å². The van der Waals surface area contributed by atoms with E-state index in [0.717, 1.165) is 42.9 Å². The molecule has 6 heteroatoms. The van der Waals surface area contributed by atoms with E-state index in [1.165, 1.54) is 0 Å². The lowest BCUT2D eigenvalue weighted by Crippen LogP contribution is -2.42. The zero-order valence-corrected chi connectivity index (χ0v) is 13.6. The minimum atomic E-state index is -0.00998. The van der Waals surface area contributed by atoms with Gasteiger partial charge in [0.1, 0.15) is 12.1 Å². The first kappa shape index (κ1) is 15.5. The first-order valence-corrected chi connectivity index (χ1v) is 7.98. The van der Waals surface area contributed by atoms with E-state index in [1.807, 2.05) is 47.7 Å². The molecule has 0 saturated carbocycles. The summed E-state index contributed by atoms with van der Waals surface area (Å²) in [6.07, 6.45) is 4.71. The molecule has 1 amide bonds. The second kappa shape index (κ2) is 6.81. The number of para-hydroxylation sites is 1. The Bertz CT molecular complexity index is 683. The highest BCUT2D eigenvalue weighted by Crippen LogP contribution is 2.29. The summed E-state index contributed by atoms with van der Waals surface area (Å²) in [6, 6.07) is 7.72. The van der Waals surface area contributed by atoms with E-state index in [-0.39, 0.29) is 18.6 Å². The van der Waals surface area contributed by atoms with E-state index in [2.05, 4.69) is 10.2 Å². The molecule has 6 nitrogen and oxygen atoms in total. The summed E-state index contributed by atoms with van der Waals surface area (Å²) in [4.78, 5) is 14.5. The number of aryl methyl sites for hydroxylation is 2. The number of aromatic nitrogens is 3. The summed E-state index contributed by atoms with van der Waals surface area (Å²) in [5, 5.41) is 8.12.